The Balaban J connectivity index is 2.44. The summed E-state index contributed by atoms with van der Waals surface area (Å²) in [5, 5.41) is 6.54. The highest BCUT2D eigenvalue weighted by Crippen LogP contribution is 2.06. The molecule has 0 saturated carbocycles. The summed E-state index contributed by atoms with van der Waals surface area (Å²) >= 11 is 0. The summed E-state index contributed by atoms with van der Waals surface area (Å²) in [6.07, 6.45) is 2.69. The van der Waals surface area contributed by atoms with Crippen LogP contribution in [0.25, 0.3) is 0 Å². The van der Waals surface area contributed by atoms with Crippen LogP contribution >= 0.6 is 0 Å². The van der Waals surface area contributed by atoms with E-state index in [0.29, 0.717) is 6.54 Å². The van der Waals surface area contributed by atoms with Gasteiger partial charge < -0.3 is 15.4 Å². The summed E-state index contributed by atoms with van der Waals surface area (Å²) in [6.45, 7) is 8.35. The average Bonchev–Trinajstić information content (AvgIpc) is 2.46. The fourth-order valence-corrected chi connectivity index (χ4v) is 1.53. The van der Waals surface area contributed by atoms with Crippen LogP contribution < -0.4 is 10.6 Å². The highest BCUT2D eigenvalue weighted by molar-refractivity contribution is 5.79. The summed E-state index contributed by atoms with van der Waals surface area (Å²) in [7, 11) is 1.71. The van der Waals surface area contributed by atoms with Gasteiger partial charge in [0.15, 0.2) is 5.96 Å². The van der Waals surface area contributed by atoms with E-state index in [0.717, 1.165) is 31.2 Å². The number of hydrogen-bond acceptors (Lipinski definition) is 3. The summed E-state index contributed by atoms with van der Waals surface area (Å²) in [5.74, 6) is 0.813. The van der Waals surface area contributed by atoms with Gasteiger partial charge in [0.1, 0.15) is 0 Å². The number of hydrogen-bond donors (Lipinski definition) is 2. The van der Waals surface area contributed by atoms with Gasteiger partial charge >= 0.3 is 0 Å². The highest BCUT2D eigenvalue weighted by Gasteiger charge is 2.15. The molecule has 0 aliphatic carbocycles. The molecule has 112 valence electrons. The molecule has 0 atom stereocenters. The van der Waals surface area contributed by atoms with Gasteiger partial charge in [0.25, 0.3) is 0 Å². The lowest BCUT2D eigenvalue weighted by molar-refractivity contribution is 0.0310. The number of nitrogens with zero attached hydrogens (tertiary/aromatic N) is 2. The van der Waals surface area contributed by atoms with E-state index in [4.69, 9.17) is 4.74 Å². The molecule has 0 aliphatic heterocycles. The Morgan fingerprint density at radius 3 is 2.75 bits per heavy atom. The smallest absolute Gasteiger partial charge is 0.191 e. The summed E-state index contributed by atoms with van der Waals surface area (Å²) in [5.41, 5.74) is 0.830. The van der Waals surface area contributed by atoms with Gasteiger partial charge in [-0.3, -0.25) is 9.98 Å². The van der Waals surface area contributed by atoms with Gasteiger partial charge in [-0.1, -0.05) is 6.07 Å². The minimum atomic E-state index is -0.247. The Bertz CT molecular complexity index is 404. The zero-order chi connectivity index (χ0) is 14.8. The maximum Gasteiger partial charge on any atom is 0.191 e. The minimum Gasteiger partial charge on any atom is -0.377 e. The number of guanidine groups is 1. The maximum absolute atomic E-state index is 5.37. The number of aromatic nitrogens is 1. The maximum atomic E-state index is 5.37. The Morgan fingerprint density at radius 1 is 1.35 bits per heavy atom. The van der Waals surface area contributed by atoms with Gasteiger partial charge in [0, 0.05) is 38.5 Å². The van der Waals surface area contributed by atoms with Crippen molar-refractivity contribution in [1.82, 2.24) is 15.6 Å². The molecule has 0 amide bonds. The fourth-order valence-electron chi connectivity index (χ4n) is 1.53. The van der Waals surface area contributed by atoms with Crippen LogP contribution in [0, 0.1) is 0 Å². The number of nitrogens with one attached hydrogen (secondary N) is 2. The number of pyridine rings is 1. The van der Waals surface area contributed by atoms with E-state index < -0.39 is 0 Å². The van der Waals surface area contributed by atoms with Gasteiger partial charge in [0.05, 0.1) is 12.1 Å². The van der Waals surface area contributed by atoms with Crippen molar-refractivity contribution >= 4 is 5.96 Å². The van der Waals surface area contributed by atoms with Crippen LogP contribution in [-0.2, 0) is 11.2 Å². The Hall–Kier alpha value is -1.62. The molecule has 5 heteroatoms. The van der Waals surface area contributed by atoms with Crippen molar-refractivity contribution in [3.05, 3.63) is 30.1 Å². The number of aliphatic imine (C=N–C) groups is 1. The molecule has 20 heavy (non-hydrogen) atoms. The first-order valence-corrected chi connectivity index (χ1v) is 7.04. The first kappa shape index (κ1) is 16.4. The molecule has 0 fully saturated rings. The highest BCUT2D eigenvalue weighted by atomic mass is 16.5. The third-order valence-electron chi connectivity index (χ3n) is 2.91. The van der Waals surface area contributed by atoms with Gasteiger partial charge in [-0.15, -0.1) is 0 Å². The van der Waals surface area contributed by atoms with Crippen molar-refractivity contribution in [3.8, 4) is 0 Å². The Morgan fingerprint density at radius 2 is 2.15 bits per heavy atom. The molecule has 0 unspecified atom stereocenters. The molecule has 0 aliphatic rings. The van der Waals surface area contributed by atoms with Crippen LogP contribution in [-0.4, -0.2) is 43.3 Å². The van der Waals surface area contributed by atoms with E-state index in [2.05, 4.69) is 27.5 Å². The molecule has 5 nitrogen and oxygen atoms in total. The molecule has 0 bridgehead atoms. The Labute approximate surface area is 121 Å². The molecule has 1 aromatic rings. The normalized spacial score (nSPS) is 12.3. The van der Waals surface area contributed by atoms with Crippen molar-refractivity contribution in [2.24, 2.45) is 4.99 Å². The molecule has 0 saturated heterocycles. The van der Waals surface area contributed by atoms with Crippen molar-refractivity contribution in [3.63, 3.8) is 0 Å². The molecule has 1 rings (SSSR count). The molecule has 0 radical (unpaired) electrons. The van der Waals surface area contributed by atoms with Gasteiger partial charge in [-0.25, -0.2) is 0 Å². The summed E-state index contributed by atoms with van der Waals surface area (Å²) in [6, 6.07) is 5.96. The lowest BCUT2D eigenvalue weighted by Crippen LogP contribution is -2.40. The van der Waals surface area contributed by atoms with Crippen LogP contribution in [0.4, 0.5) is 0 Å². The molecule has 0 spiro atoms. The number of ether oxygens (including phenoxy) is 1. The standard InChI is InChI=1S/C15H26N4O/c1-5-16-14(19-12-15(2,3)20-4)18-11-9-13-8-6-7-10-17-13/h6-8,10H,5,9,11-12H2,1-4H3,(H2,16,18,19). The second kappa shape index (κ2) is 8.53. The summed E-state index contributed by atoms with van der Waals surface area (Å²) in [4.78, 5) is 8.84. The summed E-state index contributed by atoms with van der Waals surface area (Å²) < 4.78 is 5.37. The van der Waals surface area contributed by atoms with E-state index in [1.54, 1.807) is 7.11 Å². The third-order valence-corrected chi connectivity index (χ3v) is 2.91. The zero-order valence-corrected chi connectivity index (χ0v) is 12.9. The second-order valence-electron chi connectivity index (χ2n) is 5.16. The molecular weight excluding hydrogens is 252 g/mol. The topological polar surface area (TPSA) is 58.5 Å². The third kappa shape index (κ3) is 6.52. The van der Waals surface area contributed by atoms with Crippen LogP contribution in [0.15, 0.2) is 29.4 Å². The predicted molar refractivity (Wildman–Crippen MR) is 83.0 cm³/mol. The molecule has 0 aromatic carbocycles. The first-order chi connectivity index (χ1) is 9.57. The van der Waals surface area contributed by atoms with E-state index in [9.17, 15) is 0 Å². The lowest BCUT2D eigenvalue weighted by Gasteiger charge is -2.21. The van der Waals surface area contributed by atoms with E-state index in [1.807, 2.05) is 38.2 Å². The van der Waals surface area contributed by atoms with Gasteiger partial charge in [-0.05, 0) is 32.9 Å². The van der Waals surface area contributed by atoms with Crippen LogP contribution in [0.1, 0.15) is 26.5 Å². The van der Waals surface area contributed by atoms with Crippen molar-refractivity contribution in [2.75, 3.05) is 26.7 Å². The fraction of sp³-hybridized carbons (Fsp3) is 0.600. The van der Waals surface area contributed by atoms with Gasteiger partial charge in [0.2, 0.25) is 0 Å². The number of rotatable bonds is 7. The largest absolute Gasteiger partial charge is 0.377 e. The van der Waals surface area contributed by atoms with Crippen LogP contribution in [0.2, 0.25) is 0 Å². The first-order valence-electron chi connectivity index (χ1n) is 7.04. The van der Waals surface area contributed by atoms with Crippen LogP contribution in [0.5, 0.6) is 0 Å². The van der Waals surface area contributed by atoms with Gasteiger partial charge in [-0.2, -0.15) is 0 Å². The van der Waals surface area contributed by atoms with Crippen molar-refractivity contribution in [2.45, 2.75) is 32.8 Å². The van der Waals surface area contributed by atoms with E-state index in [1.165, 1.54) is 0 Å². The minimum absolute atomic E-state index is 0.247. The molecule has 2 N–H and O–H groups in total. The van der Waals surface area contributed by atoms with E-state index >= 15 is 0 Å². The Kier molecular flexibility index (Phi) is 7.01. The second-order valence-corrected chi connectivity index (χ2v) is 5.16. The quantitative estimate of drug-likeness (QED) is 0.587. The predicted octanol–water partition coefficient (Wildman–Crippen LogP) is 1.60. The number of methoxy groups -OCH3 is 1. The van der Waals surface area contributed by atoms with Crippen molar-refractivity contribution < 1.29 is 4.74 Å². The molecule has 1 aromatic heterocycles. The zero-order valence-electron chi connectivity index (χ0n) is 12.9. The van der Waals surface area contributed by atoms with Crippen molar-refractivity contribution in [1.29, 1.82) is 0 Å². The molecule has 1 heterocycles. The van der Waals surface area contributed by atoms with Crippen LogP contribution in [0.3, 0.4) is 0 Å². The molecular formula is C15H26N4O. The lowest BCUT2D eigenvalue weighted by atomic mass is 10.1. The van der Waals surface area contributed by atoms with E-state index in [-0.39, 0.29) is 5.60 Å². The SMILES string of the molecule is CCNC(=NCC(C)(C)OC)NCCc1ccccn1. The average molecular weight is 278 g/mol. The monoisotopic (exact) mass is 278 g/mol.